The standard InChI is InChI=1S/C19H12I2N2O2/c22-19-16-15(14(10-21-19)23-11-4-2-1-3-5-11)17(24)12-6-8-20-9-7-13(12)18(16)25/h1-7,9-10,22,24-25H. The molecule has 0 saturated carbocycles. The second-order valence-electron chi connectivity index (χ2n) is 5.29. The van der Waals surface area contributed by atoms with Crippen LogP contribution in [-0.4, -0.2) is 27.3 Å². The molecule has 2 aromatic rings. The Balaban J connectivity index is 2.04. The molecule has 6 heteroatoms. The van der Waals surface area contributed by atoms with E-state index in [1.165, 1.54) is 0 Å². The third kappa shape index (κ3) is 2.94. The van der Waals surface area contributed by atoms with Crippen LogP contribution in [0.25, 0.3) is 12.2 Å². The number of hydrogen-bond donors (Lipinski definition) is 3. The lowest BCUT2D eigenvalue weighted by Gasteiger charge is -2.20. The summed E-state index contributed by atoms with van der Waals surface area (Å²) < 4.78 is 7.48. The van der Waals surface area contributed by atoms with E-state index < -0.39 is 20.7 Å². The molecule has 0 unspecified atom stereocenters. The molecule has 0 fully saturated rings. The van der Waals surface area contributed by atoms with Gasteiger partial charge in [0.15, 0.2) is 0 Å². The Morgan fingerprint density at radius 1 is 1.00 bits per heavy atom. The zero-order valence-corrected chi connectivity index (χ0v) is 17.1. The van der Waals surface area contributed by atoms with E-state index in [4.69, 9.17) is 5.41 Å². The van der Waals surface area contributed by atoms with Gasteiger partial charge in [0.2, 0.25) is 0 Å². The maximum absolute atomic E-state index is 10.9. The van der Waals surface area contributed by atoms with Gasteiger partial charge < -0.3 is 10.2 Å². The average molecular weight is 554 g/mol. The molecule has 0 saturated heterocycles. The van der Waals surface area contributed by atoms with Crippen LogP contribution in [0.15, 0.2) is 39.4 Å². The monoisotopic (exact) mass is 554 g/mol. The fourth-order valence-corrected chi connectivity index (χ4v) is 5.83. The van der Waals surface area contributed by atoms with Crippen molar-refractivity contribution in [2.75, 3.05) is 0 Å². The molecule has 2 aliphatic rings. The number of aromatic hydroxyl groups is 2. The van der Waals surface area contributed by atoms with Gasteiger partial charge in [-0.2, -0.15) is 0 Å². The first kappa shape index (κ1) is 16.6. The SMILES string of the molecule is N=C1I=CC(=Nc2ccccc2)c2c(O)c3c(c(O)c21)C=CI=C=C3. The molecule has 4 rings (SSSR count). The van der Waals surface area contributed by atoms with E-state index in [9.17, 15) is 10.2 Å². The fraction of sp³-hybridized carbons (Fsp3) is 0. The quantitative estimate of drug-likeness (QED) is 0.354. The summed E-state index contributed by atoms with van der Waals surface area (Å²) in [5.74, 6) is 0.117. The number of hydrogen-bond acceptors (Lipinski definition) is 4. The number of nitrogens with zero attached hydrogens (tertiary/aromatic N) is 1. The van der Waals surface area contributed by atoms with Gasteiger partial charge in [0.25, 0.3) is 0 Å². The Morgan fingerprint density at radius 3 is 2.56 bits per heavy atom. The van der Waals surface area contributed by atoms with Crippen molar-refractivity contribution in [3.8, 4) is 11.5 Å². The molecule has 0 aromatic heterocycles. The van der Waals surface area contributed by atoms with Crippen LogP contribution < -0.4 is 0 Å². The highest BCUT2D eigenvalue weighted by Crippen LogP contribution is 2.43. The Hall–Kier alpha value is -1.90. The summed E-state index contributed by atoms with van der Waals surface area (Å²) in [5.41, 5.74) is 3.38. The van der Waals surface area contributed by atoms with Crippen LogP contribution >= 0.6 is 41.5 Å². The Morgan fingerprint density at radius 2 is 1.76 bits per heavy atom. The van der Waals surface area contributed by atoms with Crippen molar-refractivity contribution in [3.05, 3.63) is 56.7 Å². The number of aliphatic imine (C=N–C) groups is 1. The van der Waals surface area contributed by atoms with Gasteiger partial charge in [-0.15, -0.1) is 0 Å². The molecule has 0 bridgehead atoms. The Kier molecular flexibility index (Phi) is 4.49. The largest absolute Gasteiger partial charge is 0.507 e. The highest BCUT2D eigenvalue weighted by molar-refractivity contribution is 14.2. The molecular weight excluding hydrogens is 542 g/mol. The first-order valence-electron chi connectivity index (χ1n) is 7.36. The number of fused-ring (bicyclic) bond motifs is 2. The first-order valence-corrected chi connectivity index (χ1v) is 12.0. The highest BCUT2D eigenvalue weighted by atomic mass is 127. The molecule has 0 radical (unpaired) electrons. The van der Waals surface area contributed by atoms with Gasteiger partial charge in [0.1, 0.15) is 11.5 Å². The summed E-state index contributed by atoms with van der Waals surface area (Å²) in [7, 11) is 0. The van der Waals surface area contributed by atoms with Gasteiger partial charge in [-0.05, 0) is 53.1 Å². The van der Waals surface area contributed by atoms with Crippen molar-refractivity contribution >= 4 is 76.4 Å². The third-order valence-electron chi connectivity index (χ3n) is 3.83. The van der Waals surface area contributed by atoms with E-state index in [1.807, 2.05) is 44.5 Å². The lowest BCUT2D eigenvalue weighted by atomic mass is 9.93. The van der Waals surface area contributed by atoms with Gasteiger partial charge in [-0.1, -0.05) is 42.6 Å². The first-order chi connectivity index (χ1) is 12.2. The van der Waals surface area contributed by atoms with Crippen LogP contribution in [-0.2, 0) is 0 Å². The van der Waals surface area contributed by atoms with E-state index >= 15 is 0 Å². The summed E-state index contributed by atoms with van der Waals surface area (Å²) in [4.78, 5) is 4.64. The van der Waals surface area contributed by atoms with Gasteiger partial charge in [-0.3, -0.25) is 5.41 Å². The second-order valence-corrected chi connectivity index (χ2v) is 9.58. The number of phenols is 2. The maximum Gasteiger partial charge on any atom is 0.134 e. The van der Waals surface area contributed by atoms with E-state index in [-0.39, 0.29) is 32.2 Å². The zero-order chi connectivity index (χ0) is 17.4. The predicted octanol–water partition coefficient (Wildman–Crippen LogP) is 4.70. The molecule has 2 heterocycles. The number of nitrogens with one attached hydrogen (secondary N) is 1. The minimum Gasteiger partial charge on any atom is -0.507 e. The fourth-order valence-electron chi connectivity index (χ4n) is 2.69. The van der Waals surface area contributed by atoms with E-state index in [0.717, 1.165) is 5.69 Å². The van der Waals surface area contributed by atoms with Crippen LogP contribution in [0.4, 0.5) is 5.69 Å². The van der Waals surface area contributed by atoms with E-state index in [1.54, 1.807) is 6.08 Å². The summed E-state index contributed by atoms with van der Waals surface area (Å²) in [6.07, 6.45) is 3.57. The van der Waals surface area contributed by atoms with Crippen molar-refractivity contribution in [1.29, 1.82) is 5.41 Å². The molecule has 2 aliphatic heterocycles. The zero-order valence-electron chi connectivity index (χ0n) is 12.8. The summed E-state index contributed by atoms with van der Waals surface area (Å²) in [6.45, 7) is 0. The Labute approximate surface area is 164 Å². The van der Waals surface area contributed by atoms with Crippen LogP contribution in [0.5, 0.6) is 11.5 Å². The van der Waals surface area contributed by atoms with Crippen molar-refractivity contribution < 1.29 is 10.2 Å². The molecule has 124 valence electrons. The molecule has 25 heavy (non-hydrogen) atoms. The number of rotatable bonds is 1. The Bertz CT molecular complexity index is 1060. The molecule has 0 amide bonds. The minimum absolute atomic E-state index is 0.0570. The van der Waals surface area contributed by atoms with Gasteiger partial charge in [0.05, 0.1) is 26.2 Å². The molecule has 2 aromatic carbocycles. The van der Waals surface area contributed by atoms with E-state index in [2.05, 4.69) is 8.66 Å². The summed E-state index contributed by atoms with van der Waals surface area (Å²) >= 11 is -1.07. The molecule has 0 aliphatic carbocycles. The number of benzene rings is 2. The van der Waals surface area contributed by atoms with Crippen LogP contribution in [0.1, 0.15) is 22.3 Å². The predicted molar refractivity (Wildman–Crippen MR) is 122 cm³/mol. The molecule has 4 nitrogen and oxygen atoms in total. The number of para-hydroxylation sites is 1. The van der Waals surface area contributed by atoms with Crippen molar-refractivity contribution in [2.45, 2.75) is 0 Å². The van der Waals surface area contributed by atoms with Crippen LogP contribution in [0, 0.1) is 5.41 Å². The normalized spacial score (nSPS) is 16.6. The molecular formula is C19H12I2N2O2. The summed E-state index contributed by atoms with van der Waals surface area (Å²) in [6, 6.07) is 9.51. The van der Waals surface area contributed by atoms with E-state index in [0.29, 0.717) is 31.7 Å². The van der Waals surface area contributed by atoms with Gasteiger partial charge in [0, 0.05) is 11.1 Å². The lowest BCUT2D eigenvalue weighted by molar-refractivity contribution is 0.456. The lowest BCUT2D eigenvalue weighted by Crippen LogP contribution is -2.14. The second kappa shape index (κ2) is 6.78. The van der Waals surface area contributed by atoms with Gasteiger partial charge >= 0.3 is 0 Å². The highest BCUT2D eigenvalue weighted by Gasteiger charge is 2.28. The van der Waals surface area contributed by atoms with Crippen LogP contribution in [0.3, 0.4) is 0 Å². The van der Waals surface area contributed by atoms with Crippen LogP contribution in [0.2, 0.25) is 0 Å². The topological polar surface area (TPSA) is 76.7 Å². The minimum atomic E-state index is -0.713. The molecule has 0 atom stereocenters. The molecule has 0 spiro atoms. The number of phenolic OH excluding ortho intramolecular Hbond substituents is 2. The smallest absolute Gasteiger partial charge is 0.134 e. The van der Waals surface area contributed by atoms with Crippen molar-refractivity contribution in [2.24, 2.45) is 4.99 Å². The van der Waals surface area contributed by atoms with Crippen molar-refractivity contribution in [1.82, 2.24) is 0 Å². The number of halogens is 2. The molecule has 3 N–H and O–H groups in total. The van der Waals surface area contributed by atoms with Crippen molar-refractivity contribution in [3.63, 3.8) is 0 Å². The third-order valence-corrected chi connectivity index (χ3v) is 7.28. The van der Waals surface area contributed by atoms with Gasteiger partial charge in [-0.25, -0.2) is 4.99 Å². The maximum atomic E-state index is 10.9. The summed E-state index contributed by atoms with van der Waals surface area (Å²) in [5, 5.41) is 30.0. The average Bonchev–Trinajstić information content (AvgIpc) is 2.88.